The number of amides is 1. The van der Waals surface area contributed by atoms with Crippen LogP contribution in [0.3, 0.4) is 0 Å². The Morgan fingerprint density at radius 3 is 2.20 bits per heavy atom. The molecule has 1 atom stereocenters. The van der Waals surface area contributed by atoms with Crippen LogP contribution in [0.15, 0.2) is 0 Å². The SMILES string of the molecule is O=CO.[2H]C([2H])([2H])N1C(=N)NC(=O)CCCCCCCCCCCCOC(=O)C1NC(=N)N. The van der Waals surface area contributed by atoms with E-state index >= 15 is 0 Å². The van der Waals surface area contributed by atoms with Crippen molar-refractivity contribution < 1.29 is 28.3 Å². The zero-order valence-corrected chi connectivity index (χ0v) is 17.2. The number of nitrogens with zero attached hydrogens (tertiary/aromatic N) is 1. The summed E-state index contributed by atoms with van der Waals surface area (Å²) in [6.07, 6.45) is 7.98. The van der Waals surface area contributed by atoms with Crippen LogP contribution in [0.25, 0.3) is 0 Å². The number of esters is 1. The molecule has 7 N–H and O–H groups in total. The van der Waals surface area contributed by atoms with Gasteiger partial charge in [-0.3, -0.25) is 25.7 Å². The molecule has 1 unspecified atom stereocenters. The van der Waals surface area contributed by atoms with Gasteiger partial charge in [0.1, 0.15) is 0 Å². The maximum Gasteiger partial charge on any atom is 0.349 e. The van der Waals surface area contributed by atoms with Crippen LogP contribution < -0.4 is 16.4 Å². The van der Waals surface area contributed by atoms with Gasteiger partial charge in [0, 0.05) is 17.5 Å². The molecular formula is C19H36N6O5. The van der Waals surface area contributed by atoms with E-state index in [1.807, 2.05) is 0 Å². The van der Waals surface area contributed by atoms with Gasteiger partial charge in [-0.25, -0.2) is 4.79 Å². The number of carboxylic acid groups (broad SMARTS) is 1. The Kier molecular flexibility index (Phi) is 12.4. The van der Waals surface area contributed by atoms with Crippen molar-refractivity contribution in [1.82, 2.24) is 15.5 Å². The van der Waals surface area contributed by atoms with Gasteiger partial charge in [-0.2, -0.15) is 0 Å². The fourth-order valence-electron chi connectivity index (χ4n) is 2.81. The Morgan fingerprint density at radius 1 is 1.20 bits per heavy atom. The molecule has 1 saturated heterocycles. The number of ether oxygens (including phenoxy) is 1. The Bertz CT molecular complexity index is 648. The molecule has 1 fully saturated rings. The first-order valence-electron chi connectivity index (χ1n) is 11.6. The van der Waals surface area contributed by atoms with Gasteiger partial charge in [-0.05, 0) is 12.8 Å². The van der Waals surface area contributed by atoms with E-state index in [1.54, 1.807) is 0 Å². The van der Waals surface area contributed by atoms with E-state index < -0.39 is 36.9 Å². The molecule has 11 heteroatoms. The molecule has 11 nitrogen and oxygen atoms in total. The number of guanidine groups is 2. The highest BCUT2D eigenvalue weighted by atomic mass is 16.5. The second-order valence-electron chi connectivity index (χ2n) is 6.79. The predicted molar refractivity (Wildman–Crippen MR) is 113 cm³/mol. The molecule has 1 aliphatic rings. The van der Waals surface area contributed by atoms with Gasteiger partial charge in [0.2, 0.25) is 12.1 Å². The van der Waals surface area contributed by atoms with Crippen molar-refractivity contribution in [1.29, 1.82) is 10.8 Å². The summed E-state index contributed by atoms with van der Waals surface area (Å²) in [6.45, 7) is -3.13. The summed E-state index contributed by atoms with van der Waals surface area (Å²) in [5.41, 5.74) is 5.31. The third-order valence-corrected chi connectivity index (χ3v) is 4.31. The molecule has 1 heterocycles. The quantitative estimate of drug-likeness (QED) is 0.155. The predicted octanol–water partition coefficient (Wildman–Crippen LogP) is 1.33. The van der Waals surface area contributed by atoms with Crippen LogP contribution in [0.2, 0.25) is 0 Å². The lowest BCUT2D eigenvalue weighted by Gasteiger charge is -2.29. The van der Waals surface area contributed by atoms with Crippen LogP contribution in [0.4, 0.5) is 0 Å². The number of cyclic esters (lactones) is 1. The van der Waals surface area contributed by atoms with Gasteiger partial charge < -0.3 is 25.8 Å². The minimum atomic E-state index is -2.96. The van der Waals surface area contributed by atoms with Gasteiger partial charge in [0.05, 0.1) is 6.61 Å². The van der Waals surface area contributed by atoms with Gasteiger partial charge in [0.25, 0.3) is 6.47 Å². The van der Waals surface area contributed by atoms with Gasteiger partial charge >= 0.3 is 5.97 Å². The molecule has 0 aromatic rings. The minimum absolute atomic E-state index is 0.0868. The van der Waals surface area contributed by atoms with E-state index in [0.717, 1.165) is 51.4 Å². The van der Waals surface area contributed by atoms with Gasteiger partial charge in [-0.15, -0.1) is 0 Å². The molecule has 0 saturated carbocycles. The number of carbonyl (C=O) groups is 3. The number of rotatable bonds is 1. The number of nitrogens with one attached hydrogen (secondary N) is 4. The smallest absolute Gasteiger partial charge is 0.349 e. The third-order valence-electron chi connectivity index (χ3n) is 4.31. The average Bonchev–Trinajstić information content (AvgIpc) is 2.69. The number of hydrogen-bond acceptors (Lipinski definition) is 6. The zero-order valence-electron chi connectivity index (χ0n) is 20.2. The molecule has 0 aromatic carbocycles. The minimum Gasteiger partial charge on any atom is -0.483 e. The summed E-state index contributed by atoms with van der Waals surface area (Å²) >= 11 is 0. The van der Waals surface area contributed by atoms with Crippen LogP contribution in [0, 0.1) is 10.8 Å². The maximum atomic E-state index is 12.5. The van der Waals surface area contributed by atoms with E-state index in [0.29, 0.717) is 17.7 Å². The zero-order chi connectivity index (χ0) is 25.3. The second-order valence-corrected chi connectivity index (χ2v) is 6.79. The maximum absolute atomic E-state index is 12.5. The van der Waals surface area contributed by atoms with Crippen LogP contribution in [0.5, 0.6) is 0 Å². The van der Waals surface area contributed by atoms with E-state index in [9.17, 15) is 9.59 Å². The second kappa shape index (κ2) is 17.0. The van der Waals surface area contributed by atoms with Crippen LogP contribution >= 0.6 is 0 Å². The van der Waals surface area contributed by atoms with Crippen LogP contribution in [0.1, 0.15) is 74.7 Å². The van der Waals surface area contributed by atoms with E-state index in [2.05, 4.69) is 10.6 Å². The number of hydrogen-bond donors (Lipinski definition) is 6. The first kappa shape index (κ1) is 21.8. The Balaban J connectivity index is 0.00000322. The summed E-state index contributed by atoms with van der Waals surface area (Å²) in [6, 6.07) is 0. The van der Waals surface area contributed by atoms with Crippen molar-refractivity contribution in [2.45, 2.75) is 76.8 Å². The fraction of sp³-hybridized carbons (Fsp3) is 0.737. The van der Waals surface area contributed by atoms with Crippen molar-refractivity contribution in [2.75, 3.05) is 13.6 Å². The third kappa shape index (κ3) is 13.3. The standard InChI is InChI=1S/C18H34N6O3.CH2O2/c1-24-15(23-17(19)20)16(26)27-13-11-9-7-5-3-2-4-6-8-10-12-14(25)22-18(24)21;2-1-3/h15H,2-13H2,1H3,(H4,19,20,23)(H2,21,22,25);1H,(H,2,3)/i1D3;. The van der Waals surface area contributed by atoms with Crippen molar-refractivity contribution in [2.24, 2.45) is 5.73 Å². The molecule has 0 spiro atoms. The summed E-state index contributed by atoms with van der Waals surface area (Å²) in [7, 11) is 0. The van der Waals surface area contributed by atoms with Gasteiger partial charge in [0.15, 0.2) is 11.9 Å². The highest BCUT2D eigenvalue weighted by Crippen LogP contribution is 2.12. The Morgan fingerprint density at radius 2 is 1.70 bits per heavy atom. The lowest BCUT2D eigenvalue weighted by molar-refractivity contribution is -0.149. The summed E-state index contributed by atoms with van der Waals surface area (Å²) in [5.74, 6) is -2.95. The van der Waals surface area contributed by atoms with E-state index in [1.165, 1.54) is 0 Å². The molecule has 0 aliphatic carbocycles. The largest absolute Gasteiger partial charge is 0.483 e. The van der Waals surface area contributed by atoms with Crippen LogP contribution in [-0.2, 0) is 19.1 Å². The molecule has 0 aromatic heterocycles. The normalized spacial score (nSPS) is 22.7. The number of likely N-dealkylation sites (N-methyl/N-ethyl adjacent to an activating group) is 1. The monoisotopic (exact) mass is 431 g/mol. The number of nitrogens with two attached hydrogens (primary N) is 1. The van der Waals surface area contributed by atoms with Crippen molar-refractivity contribution in [3.63, 3.8) is 0 Å². The molecule has 1 aliphatic heterocycles. The van der Waals surface area contributed by atoms with Crippen molar-refractivity contribution in [3.8, 4) is 0 Å². The summed E-state index contributed by atoms with van der Waals surface area (Å²) < 4.78 is 28.3. The molecular weight excluding hydrogens is 392 g/mol. The Labute approximate surface area is 181 Å². The summed E-state index contributed by atoms with van der Waals surface area (Å²) in [4.78, 5) is 33.4. The van der Waals surface area contributed by atoms with Gasteiger partial charge in [-0.1, -0.05) is 51.4 Å². The van der Waals surface area contributed by atoms with E-state index in [4.69, 9.17) is 35.3 Å². The summed E-state index contributed by atoms with van der Waals surface area (Å²) in [5, 5.41) is 26.8. The van der Waals surface area contributed by atoms with Crippen LogP contribution in [-0.4, -0.2) is 60.0 Å². The Hall–Kier alpha value is -2.85. The highest BCUT2D eigenvalue weighted by Gasteiger charge is 2.27. The lowest BCUT2D eigenvalue weighted by Crippen LogP contribution is -2.58. The topological polar surface area (TPSA) is 182 Å². The molecule has 0 radical (unpaired) electrons. The molecule has 0 bridgehead atoms. The molecule has 30 heavy (non-hydrogen) atoms. The molecule has 172 valence electrons. The van der Waals surface area contributed by atoms with Crippen molar-refractivity contribution in [3.05, 3.63) is 0 Å². The molecule has 1 amide bonds. The fourth-order valence-corrected chi connectivity index (χ4v) is 2.81. The first-order valence-corrected chi connectivity index (χ1v) is 10.1. The lowest BCUT2D eigenvalue weighted by atomic mass is 10.1. The van der Waals surface area contributed by atoms with Crippen molar-refractivity contribution >= 4 is 30.3 Å². The average molecular weight is 432 g/mol. The highest BCUT2D eigenvalue weighted by molar-refractivity contribution is 5.97. The molecule has 1 rings (SSSR count). The first-order chi connectivity index (χ1) is 15.5. The van der Waals surface area contributed by atoms with E-state index in [-0.39, 0.29) is 19.5 Å². The number of carbonyl (C=O) groups excluding carboxylic acids is 2.